The van der Waals surface area contributed by atoms with Crippen molar-refractivity contribution in [3.63, 3.8) is 0 Å². The number of aromatic nitrogens is 2. The van der Waals surface area contributed by atoms with Gasteiger partial charge in [0.1, 0.15) is 0 Å². The number of fused-ring (bicyclic) bond motifs is 1. The van der Waals surface area contributed by atoms with Crippen LogP contribution in [0.5, 0.6) is 0 Å². The molecule has 0 unspecified atom stereocenters. The fraction of sp³-hybridized carbons (Fsp3) is 0.615. The van der Waals surface area contributed by atoms with Gasteiger partial charge in [0.15, 0.2) is 0 Å². The third-order valence-electron chi connectivity index (χ3n) is 6.01. The minimum Gasteiger partial charge on any atom is -0.390 e. The zero-order chi connectivity index (χ0) is 23.5. The quantitative estimate of drug-likeness (QED) is 0.586. The molecule has 0 aliphatic heterocycles. The van der Waals surface area contributed by atoms with Crippen molar-refractivity contribution in [1.29, 1.82) is 0 Å². The number of aliphatic hydroxyl groups excluding tert-OH is 1. The average Bonchev–Trinajstić information content (AvgIpc) is 3.04. The Bertz CT molecular complexity index is 898. The summed E-state index contributed by atoms with van der Waals surface area (Å²) in [4.78, 5) is 11.8. The lowest BCUT2D eigenvalue weighted by molar-refractivity contribution is -0.120. The van der Waals surface area contributed by atoms with Crippen molar-refractivity contribution in [3.05, 3.63) is 53.3 Å². The lowest BCUT2D eigenvalue weighted by Crippen LogP contribution is -2.49. The van der Waals surface area contributed by atoms with Crippen molar-refractivity contribution >= 4 is 5.91 Å². The highest BCUT2D eigenvalue weighted by Gasteiger charge is 2.35. The second-order valence-corrected chi connectivity index (χ2v) is 11.4. The van der Waals surface area contributed by atoms with Gasteiger partial charge in [0, 0.05) is 37.8 Å². The molecule has 1 heterocycles. The van der Waals surface area contributed by atoms with E-state index in [9.17, 15) is 9.90 Å². The van der Waals surface area contributed by atoms with E-state index in [4.69, 9.17) is 5.10 Å². The topological polar surface area (TPSA) is 79.2 Å². The summed E-state index contributed by atoms with van der Waals surface area (Å²) in [6.07, 6.45) is 4.01. The van der Waals surface area contributed by atoms with E-state index in [1.165, 1.54) is 12.5 Å². The summed E-state index contributed by atoms with van der Waals surface area (Å²) in [6, 6.07) is 9.76. The summed E-state index contributed by atoms with van der Waals surface area (Å²) in [5.74, 6) is -0.130. The molecule has 0 fully saturated rings. The molecule has 3 rings (SSSR count). The van der Waals surface area contributed by atoms with Crippen LogP contribution in [0, 0.1) is 10.8 Å². The molecule has 2 aromatic rings. The zero-order valence-corrected chi connectivity index (χ0v) is 20.5. The van der Waals surface area contributed by atoms with E-state index in [1.807, 2.05) is 30.3 Å². The normalized spacial score (nSPS) is 19.8. The molecule has 0 saturated carbocycles. The van der Waals surface area contributed by atoms with Crippen LogP contribution < -0.4 is 10.6 Å². The molecule has 3 atom stereocenters. The minimum absolute atomic E-state index is 0.130. The van der Waals surface area contributed by atoms with Gasteiger partial charge < -0.3 is 15.7 Å². The molecule has 1 aromatic carbocycles. The molecule has 176 valence electrons. The van der Waals surface area contributed by atoms with Crippen LogP contribution in [-0.4, -0.2) is 39.5 Å². The Morgan fingerprint density at radius 3 is 2.59 bits per heavy atom. The second kappa shape index (κ2) is 9.75. The SMILES string of the molecule is CC(=O)N[C@@H](Cc1ccccc1)[C@H](O)CN[C@@H]1CC(C)(C)Cc2nn(CC(C)(C)C)cc21. The maximum Gasteiger partial charge on any atom is 0.217 e. The van der Waals surface area contributed by atoms with Gasteiger partial charge in [-0.1, -0.05) is 65.0 Å². The molecule has 1 aromatic heterocycles. The molecule has 0 bridgehead atoms. The van der Waals surface area contributed by atoms with Crippen LogP contribution in [0.4, 0.5) is 0 Å². The maximum atomic E-state index is 11.8. The number of rotatable bonds is 8. The molecule has 0 saturated heterocycles. The summed E-state index contributed by atoms with van der Waals surface area (Å²) in [6.45, 7) is 14.0. The van der Waals surface area contributed by atoms with E-state index in [0.29, 0.717) is 13.0 Å². The van der Waals surface area contributed by atoms with Gasteiger partial charge in [-0.25, -0.2) is 0 Å². The Hall–Kier alpha value is -2.18. The Morgan fingerprint density at radius 2 is 1.97 bits per heavy atom. The van der Waals surface area contributed by atoms with Crippen LogP contribution in [-0.2, 0) is 24.2 Å². The number of hydrogen-bond donors (Lipinski definition) is 3. The highest BCUT2D eigenvalue weighted by atomic mass is 16.3. The summed E-state index contributed by atoms with van der Waals surface area (Å²) < 4.78 is 2.08. The molecule has 1 aliphatic rings. The maximum absolute atomic E-state index is 11.8. The van der Waals surface area contributed by atoms with E-state index in [1.54, 1.807) is 0 Å². The first-order valence-corrected chi connectivity index (χ1v) is 11.7. The first kappa shape index (κ1) is 24.5. The molecule has 0 spiro atoms. The van der Waals surface area contributed by atoms with Gasteiger partial charge in [-0.3, -0.25) is 9.48 Å². The lowest BCUT2D eigenvalue weighted by Gasteiger charge is -2.36. The predicted molar refractivity (Wildman–Crippen MR) is 128 cm³/mol. The summed E-state index contributed by atoms with van der Waals surface area (Å²) in [5.41, 5.74) is 3.78. The average molecular weight is 441 g/mol. The zero-order valence-electron chi connectivity index (χ0n) is 20.5. The van der Waals surface area contributed by atoms with E-state index < -0.39 is 6.10 Å². The van der Waals surface area contributed by atoms with E-state index in [0.717, 1.165) is 30.6 Å². The number of hydrogen-bond acceptors (Lipinski definition) is 4. The highest BCUT2D eigenvalue weighted by Crippen LogP contribution is 2.40. The highest BCUT2D eigenvalue weighted by molar-refractivity contribution is 5.73. The van der Waals surface area contributed by atoms with Gasteiger partial charge in [0.25, 0.3) is 0 Å². The predicted octanol–water partition coefficient (Wildman–Crippen LogP) is 3.64. The first-order chi connectivity index (χ1) is 14.9. The molecular weight excluding hydrogens is 400 g/mol. The molecule has 3 N–H and O–H groups in total. The number of carbonyl (C=O) groups is 1. The van der Waals surface area contributed by atoms with Gasteiger partial charge >= 0.3 is 0 Å². The summed E-state index contributed by atoms with van der Waals surface area (Å²) in [7, 11) is 0. The fourth-order valence-corrected chi connectivity index (χ4v) is 4.66. The van der Waals surface area contributed by atoms with Crippen LogP contribution in [0.15, 0.2) is 36.5 Å². The van der Waals surface area contributed by atoms with Gasteiger partial charge in [0.05, 0.1) is 17.8 Å². The number of nitrogens with zero attached hydrogens (tertiary/aromatic N) is 2. The van der Waals surface area contributed by atoms with Gasteiger partial charge in [-0.05, 0) is 35.7 Å². The molecule has 0 radical (unpaired) electrons. The molecule has 1 aliphatic carbocycles. The molecule has 32 heavy (non-hydrogen) atoms. The number of carbonyl (C=O) groups excluding carboxylic acids is 1. The number of amides is 1. The van der Waals surface area contributed by atoms with Crippen LogP contribution in [0.2, 0.25) is 0 Å². The van der Waals surface area contributed by atoms with E-state index in [2.05, 4.69) is 56.1 Å². The molecule has 6 heteroatoms. The van der Waals surface area contributed by atoms with Crippen LogP contribution >= 0.6 is 0 Å². The van der Waals surface area contributed by atoms with Crippen molar-refractivity contribution in [3.8, 4) is 0 Å². The molecule has 1 amide bonds. The summed E-state index contributed by atoms with van der Waals surface area (Å²) >= 11 is 0. The van der Waals surface area contributed by atoms with E-state index >= 15 is 0 Å². The second-order valence-electron chi connectivity index (χ2n) is 11.4. The van der Waals surface area contributed by atoms with Gasteiger partial charge in [-0.15, -0.1) is 0 Å². The standard InChI is InChI=1S/C26H40N4O2/c1-18(31)28-21(12-19-10-8-7-9-11-19)24(32)15-27-22-13-26(5,6)14-23-20(22)16-30(29-23)17-25(2,3)4/h7-11,16,21-22,24,27,32H,12-15,17H2,1-6H3,(H,28,31)/t21-,22+,24+/m0/s1. The molecule has 6 nitrogen and oxygen atoms in total. The van der Waals surface area contributed by atoms with Crippen LogP contribution in [0.1, 0.15) is 70.8 Å². The van der Waals surface area contributed by atoms with Crippen molar-refractivity contribution in [2.75, 3.05) is 6.54 Å². The van der Waals surface area contributed by atoms with Gasteiger partial charge in [-0.2, -0.15) is 5.10 Å². The third-order valence-corrected chi connectivity index (χ3v) is 6.01. The number of aliphatic hydroxyl groups is 1. The van der Waals surface area contributed by atoms with Gasteiger partial charge in [0.2, 0.25) is 5.91 Å². The van der Waals surface area contributed by atoms with Crippen molar-refractivity contribution < 1.29 is 9.90 Å². The first-order valence-electron chi connectivity index (χ1n) is 11.7. The molecular formula is C26H40N4O2. The van der Waals surface area contributed by atoms with Crippen LogP contribution in [0.25, 0.3) is 0 Å². The number of benzene rings is 1. The van der Waals surface area contributed by atoms with Crippen LogP contribution in [0.3, 0.4) is 0 Å². The Labute approximate surface area is 192 Å². The smallest absolute Gasteiger partial charge is 0.217 e. The van der Waals surface area contributed by atoms with Crippen molar-refractivity contribution in [2.45, 2.75) is 85.5 Å². The minimum atomic E-state index is -0.697. The third kappa shape index (κ3) is 6.91. The Kier molecular flexibility index (Phi) is 7.46. The monoisotopic (exact) mass is 440 g/mol. The summed E-state index contributed by atoms with van der Waals surface area (Å²) in [5, 5.41) is 22.4. The largest absolute Gasteiger partial charge is 0.390 e. The van der Waals surface area contributed by atoms with Crippen molar-refractivity contribution in [1.82, 2.24) is 20.4 Å². The Balaban J connectivity index is 1.72. The van der Waals surface area contributed by atoms with Crippen molar-refractivity contribution in [2.24, 2.45) is 10.8 Å². The number of nitrogens with one attached hydrogen (secondary N) is 2. The lowest BCUT2D eigenvalue weighted by atomic mass is 9.74. The fourth-order valence-electron chi connectivity index (χ4n) is 4.66. The Morgan fingerprint density at radius 1 is 1.28 bits per heavy atom. The van der Waals surface area contributed by atoms with E-state index in [-0.39, 0.29) is 28.8 Å².